The number of rotatable bonds is 9. The first-order valence-electron chi connectivity index (χ1n) is 24.7. The number of ketones is 1. The summed E-state index contributed by atoms with van der Waals surface area (Å²) in [6.07, 6.45) is 13.6. The smallest absolute Gasteiger partial charge is 0.234 e. The molecule has 2 aliphatic rings. The number of para-hydroxylation sites is 4. The van der Waals surface area contributed by atoms with Crippen molar-refractivity contribution in [2.75, 3.05) is 0 Å². The van der Waals surface area contributed by atoms with Crippen LogP contribution in [0.25, 0.3) is 93.1 Å². The van der Waals surface area contributed by atoms with Crippen LogP contribution in [0.15, 0.2) is 164 Å². The van der Waals surface area contributed by atoms with Crippen LogP contribution in [0.5, 0.6) is 0 Å². The number of aldehydes is 1. The molecule has 0 radical (unpaired) electrons. The van der Waals surface area contributed by atoms with Gasteiger partial charge in [-0.2, -0.15) is 0 Å². The van der Waals surface area contributed by atoms with Crippen molar-refractivity contribution >= 4 is 94.3 Å². The summed E-state index contributed by atoms with van der Waals surface area (Å²) in [5, 5.41) is 10.2. The molecule has 15 rings (SSSR count). The summed E-state index contributed by atoms with van der Waals surface area (Å²) in [7, 11) is 0. The normalized spacial score (nSPS) is 16.6. The molecule has 6 N–H and O–H groups in total. The van der Waals surface area contributed by atoms with E-state index in [0.29, 0.717) is 29.1 Å². The number of fused-ring (bicyclic) bond motifs is 10. The van der Waals surface area contributed by atoms with Crippen LogP contribution < -0.4 is 5.32 Å². The predicted molar refractivity (Wildman–Crippen MR) is 284 cm³/mol. The van der Waals surface area contributed by atoms with Gasteiger partial charge in [0.15, 0.2) is 0 Å². The van der Waals surface area contributed by atoms with Gasteiger partial charge in [0.1, 0.15) is 17.9 Å². The molecule has 7 aromatic heterocycles. The van der Waals surface area contributed by atoms with Gasteiger partial charge in [0, 0.05) is 126 Å². The zero-order chi connectivity index (χ0) is 47.8. The highest BCUT2D eigenvalue weighted by Gasteiger charge is 2.38. The molecule has 1 aliphatic carbocycles. The van der Waals surface area contributed by atoms with Crippen LogP contribution in [0, 0.1) is 5.92 Å². The Morgan fingerprint density at radius 3 is 2.31 bits per heavy atom. The molecule has 1 aliphatic heterocycles. The minimum Gasteiger partial charge on any atom is -0.361 e. The molecule has 72 heavy (non-hydrogen) atoms. The Balaban J connectivity index is 0.788. The molecule has 11 nitrogen and oxygen atoms in total. The van der Waals surface area contributed by atoms with Gasteiger partial charge in [-0.15, -0.1) is 0 Å². The van der Waals surface area contributed by atoms with Gasteiger partial charge in [0.2, 0.25) is 11.7 Å². The zero-order valence-corrected chi connectivity index (χ0v) is 38.7. The maximum Gasteiger partial charge on any atom is 0.234 e. The third-order valence-electron chi connectivity index (χ3n) is 15.7. The molecule has 1 amide bonds. The van der Waals surface area contributed by atoms with Crippen molar-refractivity contribution in [3.8, 4) is 16.8 Å². The average molecular weight is 937 g/mol. The van der Waals surface area contributed by atoms with E-state index in [1.807, 2.05) is 54.7 Å². The minimum absolute atomic E-state index is 0.185. The van der Waals surface area contributed by atoms with E-state index in [4.69, 9.17) is 4.98 Å². The van der Waals surface area contributed by atoms with Crippen molar-refractivity contribution < 1.29 is 14.4 Å². The predicted octanol–water partition coefficient (Wildman–Crippen LogP) is 12.4. The summed E-state index contributed by atoms with van der Waals surface area (Å²) in [4.78, 5) is 63.3. The number of carbonyl (C=O) groups is 3. The SMILES string of the molecule is O=C[C@@H]1Cc2c([nH]c3cc(-c4cccc5c(C(=O)c6nccc7c6[nH]c6ccc(-n8cc(C(c9c[nH]c%10ccccc9%10)C9CC9)c9ccccc98)cc67)c[nH]c45)ccc23)[C@@H](c2c[nH]c3ccccc23)C(=O)N1. The van der Waals surface area contributed by atoms with Crippen LogP contribution >= 0.6 is 0 Å². The van der Waals surface area contributed by atoms with E-state index in [9.17, 15) is 14.4 Å². The molecule has 346 valence electrons. The molecule has 0 spiro atoms. The van der Waals surface area contributed by atoms with E-state index in [2.05, 4.69) is 132 Å². The summed E-state index contributed by atoms with van der Waals surface area (Å²) >= 11 is 0. The van der Waals surface area contributed by atoms with Gasteiger partial charge in [0.25, 0.3) is 0 Å². The van der Waals surface area contributed by atoms with E-state index in [1.54, 1.807) is 12.4 Å². The van der Waals surface area contributed by atoms with Crippen molar-refractivity contribution in [2.24, 2.45) is 5.92 Å². The first-order chi connectivity index (χ1) is 35.5. The summed E-state index contributed by atoms with van der Waals surface area (Å²) in [6.45, 7) is 0. The number of carbonyl (C=O) groups excluding carboxylic acids is 3. The fraction of sp³-hybridized carbons (Fsp3) is 0.115. The van der Waals surface area contributed by atoms with Gasteiger partial charge >= 0.3 is 0 Å². The number of amides is 1. The molecule has 0 saturated heterocycles. The standard InChI is InChI=1S/C61H44N8O3/c70-31-34-25-44-39-20-18-33(24-52(39)68-57(44)55(61(72)66-34)46-28-64-50-14-5-2-9-38(46)50)36-11-7-12-41-47(29-65-56(36)41)60(71)59-58-42(22-23-62-59)43-26-35(19-21-51(43)67-58)69-30-48(40-10-3-6-15-53(40)69)54(32-16-17-32)45-27-63-49-13-4-1-8-37(45)49/h1-15,18-24,26-32,34,54-55,63-65,67-68H,16-17,25H2,(H,66,72)/t34-,54?,55+/m0/s1. The molecule has 1 saturated carbocycles. The summed E-state index contributed by atoms with van der Waals surface area (Å²) < 4.78 is 2.33. The van der Waals surface area contributed by atoms with Gasteiger partial charge in [-0.25, -0.2) is 0 Å². The highest BCUT2D eigenvalue weighted by Crippen LogP contribution is 2.50. The summed E-state index contributed by atoms with van der Waals surface area (Å²) in [5.41, 5.74) is 15.6. The van der Waals surface area contributed by atoms with Crippen LogP contribution in [0.2, 0.25) is 0 Å². The van der Waals surface area contributed by atoms with E-state index in [0.717, 1.165) is 94.4 Å². The molecule has 8 heterocycles. The number of aromatic nitrogens is 7. The van der Waals surface area contributed by atoms with Crippen LogP contribution in [-0.4, -0.2) is 58.5 Å². The van der Waals surface area contributed by atoms with E-state index in [-0.39, 0.29) is 17.6 Å². The first kappa shape index (κ1) is 40.6. The number of nitrogens with one attached hydrogen (secondary N) is 6. The Labute approximate surface area is 410 Å². The second kappa shape index (κ2) is 15.4. The first-order valence-corrected chi connectivity index (χ1v) is 24.7. The van der Waals surface area contributed by atoms with E-state index < -0.39 is 12.0 Å². The van der Waals surface area contributed by atoms with Crippen LogP contribution in [0.3, 0.4) is 0 Å². The van der Waals surface area contributed by atoms with Gasteiger partial charge < -0.3 is 39.6 Å². The lowest BCUT2D eigenvalue weighted by atomic mass is 9.87. The fourth-order valence-corrected chi connectivity index (χ4v) is 12.3. The quantitative estimate of drug-likeness (QED) is 0.0628. The lowest BCUT2D eigenvalue weighted by molar-refractivity contribution is -0.124. The monoisotopic (exact) mass is 936 g/mol. The Morgan fingerprint density at radius 1 is 0.653 bits per heavy atom. The van der Waals surface area contributed by atoms with Crippen molar-refractivity contribution in [3.05, 3.63) is 204 Å². The number of hydrogen-bond donors (Lipinski definition) is 6. The van der Waals surface area contributed by atoms with Gasteiger partial charge in [-0.3, -0.25) is 14.6 Å². The molecule has 11 heteroatoms. The Kier molecular flexibility index (Phi) is 8.69. The Morgan fingerprint density at radius 2 is 1.44 bits per heavy atom. The van der Waals surface area contributed by atoms with Crippen molar-refractivity contribution in [2.45, 2.75) is 37.1 Å². The number of benzene rings is 6. The number of nitrogens with zero attached hydrogens (tertiary/aromatic N) is 2. The molecule has 13 aromatic rings. The molecule has 0 bridgehead atoms. The zero-order valence-electron chi connectivity index (χ0n) is 38.7. The lowest BCUT2D eigenvalue weighted by Crippen LogP contribution is -2.38. The number of pyridine rings is 1. The molecular weight excluding hydrogens is 893 g/mol. The molecule has 3 atom stereocenters. The average Bonchev–Trinajstić information content (AvgIpc) is 3.91. The van der Waals surface area contributed by atoms with Crippen molar-refractivity contribution in [1.29, 1.82) is 0 Å². The summed E-state index contributed by atoms with van der Waals surface area (Å²) in [6, 6.07) is 45.3. The Bertz CT molecular complexity index is 4420. The van der Waals surface area contributed by atoms with E-state index >= 15 is 0 Å². The number of H-pyrrole nitrogens is 5. The molecule has 6 aromatic carbocycles. The van der Waals surface area contributed by atoms with Gasteiger partial charge in [0.05, 0.1) is 22.6 Å². The number of aromatic amines is 5. The second-order valence-electron chi connectivity index (χ2n) is 19.7. The van der Waals surface area contributed by atoms with Gasteiger partial charge in [-0.05, 0) is 95.1 Å². The Hall–Kier alpha value is -9.22. The highest BCUT2D eigenvalue weighted by molar-refractivity contribution is 6.23. The molecule has 1 unspecified atom stereocenters. The maximum absolute atomic E-state index is 14.8. The fourth-order valence-electron chi connectivity index (χ4n) is 12.3. The van der Waals surface area contributed by atoms with Crippen LogP contribution in [0.1, 0.15) is 68.7 Å². The van der Waals surface area contributed by atoms with Gasteiger partial charge in [-0.1, -0.05) is 84.9 Å². The summed E-state index contributed by atoms with van der Waals surface area (Å²) in [5.74, 6) is -0.193. The van der Waals surface area contributed by atoms with Crippen LogP contribution in [-0.2, 0) is 16.0 Å². The minimum atomic E-state index is -0.655. The lowest BCUT2D eigenvalue weighted by Gasteiger charge is -2.15. The van der Waals surface area contributed by atoms with Crippen LogP contribution in [0.4, 0.5) is 0 Å². The third kappa shape index (κ3) is 6.03. The highest BCUT2D eigenvalue weighted by atomic mass is 16.2. The van der Waals surface area contributed by atoms with Crippen molar-refractivity contribution in [3.63, 3.8) is 0 Å². The molecule has 1 fully saturated rings. The number of hydrogen-bond acceptors (Lipinski definition) is 4. The maximum atomic E-state index is 14.8. The topological polar surface area (TPSA) is 160 Å². The van der Waals surface area contributed by atoms with E-state index in [1.165, 1.54) is 40.3 Å². The third-order valence-corrected chi connectivity index (χ3v) is 15.7. The van der Waals surface area contributed by atoms with Crippen molar-refractivity contribution in [1.82, 2.24) is 39.8 Å². The second-order valence-corrected chi connectivity index (χ2v) is 19.7. The largest absolute Gasteiger partial charge is 0.361 e. The molecular formula is C61H44N8O3.